The van der Waals surface area contributed by atoms with Crippen molar-refractivity contribution in [3.05, 3.63) is 70.8 Å². The summed E-state index contributed by atoms with van der Waals surface area (Å²) in [6.07, 6.45) is -2.14. The summed E-state index contributed by atoms with van der Waals surface area (Å²) in [6, 6.07) is 11.4. The highest BCUT2D eigenvalue weighted by Gasteiger charge is 2.33. The van der Waals surface area contributed by atoms with Crippen molar-refractivity contribution in [1.82, 2.24) is 9.21 Å². The van der Waals surface area contributed by atoms with Crippen LogP contribution in [0.2, 0.25) is 5.02 Å². The number of carbonyl (C=O) groups excluding carboxylic acids is 1. The molecule has 0 spiro atoms. The van der Waals surface area contributed by atoms with Crippen LogP contribution in [0.4, 0.5) is 13.2 Å². The van der Waals surface area contributed by atoms with E-state index in [4.69, 9.17) is 11.6 Å². The maximum absolute atomic E-state index is 12.9. The summed E-state index contributed by atoms with van der Waals surface area (Å²) in [7, 11) is -3.63. The molecule has 0 saturated carbocycles. The lowest BCUT2D eigenvalue weighted by Crippen LogP contribution is -2.50. The van der Waals surface area contributed by atoms with Gasteiger partial charge in [-0.15, -0.1) is 0 Å². The highest BCUT2D eigenvalue weighted by Crippen LogP contribution is 2.35. The Morgan fingerprint density at radius 1 is 1.00 bits per heavy atom. The van der Waals surface area contributed by atoms with E-state index in [2.05, 4.69) is 0 Å². The SMILES string of the molecule is O=C(/C=C/c1ccc(Cl)c(C(F)(F)F)c1)N1CCN(S(=O)(=O)c2ccccc2)CC1. The number of halogens is 4. The van der Waals surface area contributed by atoms with Gasteiger partial charge >= 0.3 is 6.18 Å². The Labute approximate surface area is 177 Å². The third-order valence-corrected chi connectivity index (χ3v) is 6.89. The van der Waals surface area contributed by atoms with Gasteiger partial charge in [-0.05, 0) is 35.9 Å². The second-order valence-electron chi connectivity index (χ2n) is 6.61. The zero-order chi connectivity index (χ0) is 21.9. The number of hydrogen-bond donors (Lipinski definition) is 0. The lowest BCUT2D eigenvalue weighted by molar-refractivity contribution is -0.137. The lowest BCUT2D eigenvalue weighted by atomic mass is 10.1. The van der Waals surface area contributed by atoms with Gasteiger partial charge in [-0.3, -0.25) is 4.79 Å². The normalized spacial score (nSPS) is 16.2. The lowest BCUT2D eigenvalue weighted by Gasteiger charge is -2.33. The predicted octanol–water partition coefficient (Wildman–Crippen LogP) is 3.91. The fraction of sp³-hybridized carbons (Fsp3) is 0.250. The maximum atomic E-state index is 12.9. The van der Waals surface area contributed by atoms with E-state index in [-0.39, 0.29) is 36.6 Å². The summed E-state index contributed by atoms with van der Waals surface area (Å²) in [6.45, 7) is 0.638. The third kappa shape index (κ3) is 5.03. The first-order valence-electron chi connectivity index (χ1n) is 8.98. The Morgan fingerprint density at radius 3 is 2.23 bits per heavy atom. The van der Waals surface area contributed by atoms with E-state index in [9.17, 15) is 26.4 Å². The number of rotatable bonds is 4. The number of piperazine rings is 1. The molecule has 1 fully saturated rings. The van der Waals surface area contributed by atoms with Gasteiger partial charge in [-0.1, -0.05) is 35.9 Å². The molecule has 5 nitrogen and oxygen atoms in total. The van der Waals surface area contributed by atoms with Crippen molar-refractivity contribution >= 4 is 33.6 Å². The third-order valence-electron chi connectivity index (χ3n) is 4.65. The van der Waals surface area contributed by atoms with Gasteiger partial charge in [0.05, 0.1) is 15.5 Å². The van der Waals surface area contributed by atoms with Crippen LogP contribution in [0.15, 0.2) is 59.5 Å². The van der Waals surface area contributed by atoms with E-state index < -0.39 is 32.7 Å². The second-order valence-corrected chi connectivity index (χ2v) is 8.96. The minimum Gasteiger partial charge on any atom is -0.337 e. The molecule has 1 aliphatic rings. The van der Waals surface area contributed by atoms with Crippen LogP contribution in [0.1, 0.15) is 11.1 Å². The molecule has 1 amide bonds. The number of sulfonamides is 1. The van der Waals surface area contributed by atoms with Crippen molar-refractivity contribution in [3.8, 4) is 0 Å². The minimum atomic E-state index is -4.59. The van der Waals surface area contributed by atoms with Gasteiger partial charge in [-0.25, -0.2) is 8.42 Å². The molecule has 160 valence electrons. The van der Waals surface area contributed by atoms with Crippen molar-refractivity contribution < 1.29 is 26.4 Å². The van der Waals surface area contributed by atoms with E-state index >= 15 is 0 Å². The van der Waals surface area contributed by atoms with Crippen molar-refractivity contribution in [2.75, 3.05) is 26.2 Å². The van der Waals surface area contributed by atoms with Gasteiger partial charge in [0.25, 0.3) is 0 Å². The van der Waals surface area contributed by atoms with Crippen LogP contribution in [0.5, 0.6) is 0 Å². The van der Waals surface area contributed by atoms with Crippen LogP contribution >= 0.6 is 11.6 Å². The van der Waals surface area contributed by atoms with E-state index in [1.54, 1.807) is 18.2 Å². The standard InChI is InChI=1S/C20H18ClF3N2O3S/c21-18-8-6-15(14-17(18)20(22,23)24)7-9-19(27)25-10-12-26(13-11-25)30(28,29)16-4-2-1-3-5-16/h1-9,14H,10-13H2/b9-7+. The summed E-state index contributed by atoms with van der Waals surface area (Å²) in [4.78, 5) is 14.0. The van der Waals surface area contributed by atoms with Crippen molar-refractivity contribution in [2.24, 2.45) is 0 Å². The molecule has 2 aromatic rings. The van der Waals surface area contributed by atoms with Gasteiger partial charge in [0.1, 0.15) is 0 Å². The molecular formula is C20H18ClF3N2O3S. The molecule has 0 aromatic heterocycles. The Kier molecular flexibility index (Phi) is 6.54. The van der Waals surface area contributed by atoms with Gasteiger partial charge in [0, 0.05) is 32.3 Å². The summed E-state index contributed by atoms with van der Waals surface area (Å²) in [5.74, 6) is -0.407. The minimum absolute atomic E-state index is 0.135. The van der Waals surface area contributed by atoms with Crippen LogP contribution in [-0.2, 0) is 21.0 Å². The number of hydrogen-bond acceptors (Lipinski definition) is 3. The van der Waals surface area contributed by atoms with Crippen LogP contribution in [-0.4, -0.2) is 49.7 Å². The first kappa shape index (κ1) is 22.3. The second kappa shape index (κ2) is 8.79. The topological polar surface area (TPSA) is 57.7 Å². The van der Waals surface area contributed by atoms with Crippen LogP contribution in [0.3, 0.4) is 0 Å². The highest BCUT2D eigenvalue weighted by molar-refractivity contribution is 7.89. The zero-order valence-corrected chi connectivity index (χ0v) is 17.2. The Balaban J connectivity index is 1.64. The molecule has 0 N–H and O–H groups in total. The van der Waals surface area contributed by atoms with E-state index in [0.29, 0.717) is 0 Å². The molecule has 1 saturated heterocycles. The first-order valence-corrected chi connectivity index (χ1v) is 10.8. The van der Waals surface area contributed by atoms with Crippen molar-refractivity contribution in [3.63, 3.8) is 0 Å². The molecule has 0 atom stereocenters. The molecule has 0 aliphatic carbocycles. The molecule has 2 aromatic carbocycles. The molecule has 1 heterocycles. The fourth-order valence-corrected chi connectivity index (χ4v) is 4.70. The summed E-state index contributed by atoms with van der Waals surface area (Å²) < 4.78 is 65.4. The molecular weight excluding hydrogens is 441 g/mol. The van der Waals surface area contributed by atoms with Crippen molar-refractivity contribution in [2.45, 2.75) is 11.1 Å². The summed E-state index contributed by atoms with van der Waals surface area (Å²) >= 11 is 5.59. The average Bonchev–Trinajstić information content (AvgIpc) is 2.73. The number of carbonyl (C=O) groups is 1. The molecule has 30 heavy (non-hydrogen) atoms. The summed E-state index contributed by atoms with van der Waals surface area (Å²) in [5, 5.41) is -0.415. The van der Waals surface area contributed by atoms with E-state index in [1.165, 1.54) is 39.6 Å². The van der Waals surface area contributed by atoms with E-state index in [1.807, 2.05) is 0 Å². The highest BCUT2D eigenvalue weighted by atomic mass is 35.5. The first-order chi connectivity index (χ1) is 14.1. The number of amides is 1. The van der Waals surface area contributed by atoms with Crippen molar-refractivity contribution in [1.29, 1.82) is 0 Å². The molecule has 3 rings (SSSR count). The smallest absolute Gasteiger partial charge is 0.337 e. The average molecular weight is 459 g/mol. The van der Waals surface area contributed by atoms with Gasteiger partial charge < -0.3 is 4.90 Å². The largest absolute Gasteiger partial charge is 0.417 e. The van der Waals surface area contributed by atoms with Gasteiger partial charge in [-0.2, -0.15) is 17.5 Å². The molecule has 0 unspecified atom stereocenters. The maximum Gasteiger partial charge on any atom is 0.417 e. The quantitative estimate of drug-likeness (QED) is 0.653. The van der Waals surface area contributed by atoms with Crippen LogP contribution < -0.4 is 0 Å². The Bertz CT molecular complexity index is 1050. The number of alkyl halides is 3. The molecule has 0 radical (unpaired) electrons. The molecule has 0 bridgehead atoms. The Hall–Kier alpha value is -2.36. The molecule has 1 aliphatic heterocycles. The monoisotopic (exact) mass is 458 g/mol. The van der Waals surface area contributed by atoms with Gasteiger partial charge in [0.15, 0.2) is 0 Å². The van der Waals surface area contributed by atoms with E-state index in [0.717, 1.165) is 12.1 Å². The number of nitrogens with zero attached hydrogens (tertiary/aromatic N) is 2. The predicted molar refractivity (Wildman–Crippen MR) is 107 cm³/mol. The molecule has 10 heteroatoms. The zero-order valence-electron chi connectivity index (χ0n) is 15.6. The van der Waals surface area contributed by atoms with Gasteiger partial charge in [0.2, 0.25) is 15.9 Å². The Morgan fingerprint density at radius 2 is 1.63 bits per heavy atom. The van der Waals surface area contributed by atoms with Crippen LogP contribution in [0.25, 0.3) is 6.08 Å². The van der Waals surface area contributed by atoms with Crippen LogP contribution in [0, 0.1) is 0 Å². The fourth-order valence-electron chi connectivity index (χ4n) is 3.03. The summed E-state index contributed by atoms with van der Waals surface area (Å²) in [5.41, 5.74) is -0.788. The number of benzene rings is 2.